The largest absolute Gasteiger partial charge is 0.311 e. The molecule has 3 rings (SSSR count). The molecule has 0 spiro atoms. The van der Waals surface area contributed by atoms with Gasteiger partial charge in [0.2, 0.25) is 0 Å². The molecule has 1 fully saturated rings. The van der Waals surface area contributed by atoms with Crippen molar-refractivity contribution >= 4 is 0 Å². The van der Waals surface area contributed by atoms with Crippen molar-refractivity contribution in [3.05, 3.63) is 35.4 Å². The topological polar surface area (TPSA) is 18.5 Å². The highest BCUT2D eigenvalue weighted by atomic mass is 15.3. The van der Waals surface area contributed by atoms with E-state index >= 15 is 0 Å². The van der Waals surface area contributed by atoms with E-state index in [1.807, 2.05) is 0 Å². The molecule has 0 saturated carbocycles. The summed E-state index contributed by atoms with van der Waals surface area (Å²) in [6, 6.07) is 10.2. The van der Waals surface area contributed by atoms with Gasteiger partial charge in [-0.3, -0.25) is 9.80 Å². The third-order valence-electron chi connectivity index (χ3n) is 4.59. The first-order valence-corrected chi connectivity index (χ1v) is 7.52. The summed E-state index contributed by atoms with van der Waals surface area (Å²) in [7, 11) is 0. The molecule has 1 atom stereocenters. The summed E-state index contributed by atoms with van der Waals surface area (Å²) in [6.45, 7) is 11.5. The van der Waals surface area contributed by atoms with Gasteiger partial charge in [-0.25, -0.2) is 0 Å². The van der Waals surface area contributed by atoms with Crippen LogP contribution in [0, 0.1) is 0 Å². The lowest BCUT2D eigenvalue weighted by Crippen LogP contribution is -2.52. The van der Waals surface area contributed by atoms with E-state index in [1.165, 1.54) is 31.7 Å². The van der Waals surface area contributed by atoms with Gasteiger partial charge in [-0.1, -0.05) is 24.3 Å². The highest BCUT2D eigenvalue weighted by molar-refractivity contribution is 5.32. The molecule has 1 N–H and O–H groups in total. The Morgan fingerprint density at radius 3 is 2.58 bits per heavy atom. The fourth-order valence-electron chi connectivity index (χ4n) is 3.37. The Labute approximate surface area is 116 Å². The van der Waals surface area contributed by atoms with Crippen LogP contribution in [0.3, 0.4) is 0 Å². The van der Waals surface area contributed by atoms with Crippen LogP contribution < -0.4 is 5.32 Å². The quantitative estimate of drug-likeness (QED) is 0.874. The third-order valence-corrected chi connectivity index (χ3v) is 4.59. The Kier molecular flexibility index (Phi) is 3.87. The van der Waals surface area contributed by atoms with Gasteiger partial charge >= 0.3 is 0 Å². The number of nitrogens with one attached hydrogen (secondary N) is 1. The number of piperazine rings is 1. The van der Waals surface area contributed by atoms with Crippen molar-refractivity contribution in [1.82, 2.24) is 15.1 Å². The molecular formula is C16H25N3. The van der Waals surface area contributed by atoms with Gasteiger partial charge in [0.05, 0.1) is 0 Å². The third kappa shape index (κ3) is 2.69. The van der Waals surface area contributed by atoms with Crippen LogP contribution in [0.4, 0.5) is 0 Å². The lowest BCUT2D eigenvalue weighted by molar-refractivity contribution is 0.0748. The van der Waals surface area contributed by atoms with E-state index in [1.54, 1.807) is 5.56 Å². The zero-order chi connectivity index (χ0) is 13.2. The average Bonchev–Trinajstić information content (AvgIpc) is 2.47. The monoisotopic (exact) mass is 259 g/mol. The summed E-state index contributed by atoms with van der Waals surface area (Å²) in [5, 5.41) is 3.57. The van der Waals surface area contributed by atoms with Crippen molar-refractivity contribution in [3.63, 3.8) is 0 Å². The van der Waals surface area contributed by atoms with Gasteiger partial charge in [0.15, 0.2) is 0 Å². The van der Waals surface area contributed by atoms with Gasteiger partial charge in [-0.05, 0) is 25.0 Å². The maximum Gasteiger partial charge on any atom is 0.0477 e. The smallest absolute Gasteiger partial charge is 0.0477 e. The minimum atomic E-state index is 0.569. The van der Waals surface area contributed by atoms with Crippen molar-refractivity contribution < 1.29 is 0 Å². The molecule has 0 amide bonds. The Morgan fingerprint density at radius 2 is 1.84 bits per heavy atom. The van der Waals surface area contributed by atoms with Gasteiger partial charge in [-0.15, -0.1) is 0 Å². The molecule has 1 aromatic rings. The van der Waals surface area contributed by atoms with Crippen molar-refractivity contribution in [2.75, 3.05) is 32.7 Å². The summed E-state index contributed by atoms with van der Waals surface area (Å²) in [4.78, 5) is 5.24. The van der Waals surface area contributed by atoms with Gasteiger partial charge in [0.1, 0.15) is 0 Å². The van der Waals surface area contributed by atoms with E-state index < -0.39 is 0 Å². The van der Waals surface area contributed by atoms with Crippen LogP contribution in [0.2, 0.25) is 0 Å². The summed E-state index contributed by atoms with van der Waals surface area (Å²) in [5.74, 6) is 0. The standard InChI is InChI=1S/C16H25N3/c1-13(2)18-7-9-19(10-8-18)16-12-17-11-14-5-3-4-6-15(14)16/h3-6,13,16-17H,7-12H2,1-2H3. The van der Waals surface area contributed by atoms with E-state index in [-0.39, 0.29) is 0 Å². The molecule has 3 nitrogen and oxygen atoms in total. The number of nitrogens with zero attached hydrogens (tertiary/aromatic N) is 2. The first kappa shape index (κ1) is 13.1. The van der Waals surface area contributed by atoms with Crippen molar-refractivity contribution in [2.45, 2.75) is 32.5 Å². The van der Waals surface area contributed by atoms with E-state index in [4.69, 9.17) is 0 Å². The molecule has 1 unspecified atom stereocenters. The lowest BCUT2D eigenvalue weighted by atomic mass is 9.95. The lowest BCUT2D eigenvalue weighted by Gasteiger charge is -2.42. The van der Waals surface area contributed by atoms with Crippen LogP contribution >= 0.6 is 0 Å². The van der Waals surface area contributed by atoms with Crippen molar-refractivity contribution in [1.29, 1.82) is 0 Å². The maximum absolute atomic E-state index is 3.57. The number of rotatable bonds is 2. The Bertz CT molecular complexity index is 422. The predicted octanol–water partition coefficient (Wildman–Crippen LogP) is 1.86. The zero-order valence-electron chi connectivity index (χ0n) is 12.1. The highest BCUT2D eigenvalue weighted by Gasteiger charge is 2.28. The molecule has 2 aliphatic heterocycles. The van der Waals surface area contributed by atoms with Gasteiger partial charge in [-0.2, -0.15) is 0 Å². The molecule has 1 saturated heterocycles. The summed E-state index contributed by atoms with van der Waals surface area (Å²) in [6.07, 6.45) is 0. The minimum Gasteiger partial charge on any atom is -0.311 e. The van der Waals surface area contributed by atoms with Crippen LogP contribution in [0.25, 0.3) is 0 Å². The molecule has 3 heteroatoms. The highest BCUT2D eigenvalue weighted by Crippen LogP contribution is 2.28. The van der Waals surface area contributed by atoms with Crippen LogP contribution in [-0.2, 0) is 6.54 Å². The molecule has 0 bridgehead atoms. The first-order chi connectivity index (χ1) is 9.25. The Balaban J connectivity index is 1.71. The SMILES string of the molecule is CC(C)N1CCN(C2CNCc3ccccc32)CC1. The van der Waals surface area contributed by atoms with Gasteiger partial charge < -0.3 is 5.32 Å². The van der Waals surface area contributed by atoms with E-state index in [0.717, 1.165) is 13.1 Å². The van der Waals surface area contributed by atoms with E-state index in [9.17, 15) is 0 Å². The van der Waals surface area contributed by atoms with Crippen molar-refractivity contribution in [3.8, 4) is 0 Å². The minimum absolute atomic E-state index is 0.569. The Morgan fingerprint density at radius 1 is 1.11 bits per heavy atom. The number of benzene rings is 1. The zero-order valence-corrected chi connectivity index (χ0v) is 12.1. The maximum atomic E-state index is 3.57. The molecule has 2 heterocycles. The average molecular weight is 259 g/mol. The fraction of sp³-hybridized carbons (Fsp3) is 0.625. The predicted molar refractivity (Wildman–Crippen MR) is 79.2 cm³/mol. The van der Waals surface area contributed by atoms with Crippen LogP contribution in [0.1, 0.15) is 31.0 Å². The first-order valence-electron chi connectivity index (χ1n) is 7.52. The van der Waals surface area contributed by atoms with Gasteiger partial charge in [0, 0.05) is 51.4 Å². The number of fused-ring (bicyclic) bond motifs is 1. The fourth-order valence-corrected chi connectivity index (χ4v) is 3.37. The molecule has 0 aromatic heterocycles. The molecule has 19 heavy (non-hydrogen) atoms. The molecule has 0 aliphatic carbocycles. The van der Waals surface area contributed by atoms with Gasteiger partial charge in [0.25, 0.3) is 0 Å². The number of hydrogen-bond donors (Lipinski definition) is 1. The molecule has 0 radical (unpaired) electrons. The molecule has 1 aromatic carbocycles. The molecule has 2 aliphatic rings. The normalized spacial score (nSPS) is 25.5. The van der Waals surface area contributed by atoms with E-state index in [0.29, 0.717) is 12.1 Å². The summed E-state index contributed by atoms with van der Waals surface area (Å²) >= 11 is 0. The van der Waals surface area contributed by atoms with Crippen LogP contribution in [0.15, 0.2) is 24.3 Å². The number of hydrogen-bond acceptors (Lipinski definition) is 3. The Hall–Kier alpha value is -0.900. The second kappa shape index (κ2) is 5.61. The second-order valence-corrected chi connectivity index (χ2v) is 6.01. The van der Waals surface area contributed by atoms with E-state index in [2.05, 4.69) is 53.2 Å². The molecule has 104 valence electrons. The van der Waals surface area contributed by atoms with Crippen LogP contribution in [0.5, 0.6) is 0 Å². The van der Waals surface area contributed by atoms with Crippen molar-refractivity contribution in [2.24, 2.45) is 0 Å². The second-order valence-electron chi connectivity index (χ2n) is 6.01. The van der Waals surface area contributed by atoms with Crippen LogP contribution in [-0.4, -0.2) is 48.6 Å². The summed E-state index contributed by atoms with van der Waals surface area (Å²) < 4.78 is 0. The molecular weight excluding hydrogens is 234 g/mol. The summed E-state index contributed by atoms with van der Waals surface area (Å²) in [5.41, 5.74) is 3.02.